The first-order valence-corrected chi connectivity index (χ1v) is 13.9. The molecule has 0 bridgehead atoms. The summed E-state index contributed by atoms with van der Waals surface area (Å²) in [4.78, 5) is 23.1. The second-order valence-corrected chi connectivity index (χ2v) is 10.1. The van der Waals surface area contributed by atoms with Gasteiger partial charge in [-0.15, -0.1) is 0 Å². The minimum atomic E-state index is 0.0506. The molecule has 1 amide bonds. The van der Waals surface area contributed by atoms with Gasteiger partial charge >= 0.3 is 0 Å². The molecule has 1 N–H and O–H groups in total. The Labute approximate surface area is 226 Å². The SMILES string of the molecule is CCCc1nc2ccccc2c(NC(=O)CN2CCN(C(c3ccccc3)c3ccccc3)CC2)c1CC. The van der Waals surface area contributed by atoms with Crippen molar-refractivity contribution in [2.45, 2.75) is 39.2 Å². The number of nitrogens with one attached hydrogen (secondary N) is 1. The van der Waals surface area contributed by atoms with Crippen LogP contribution in [0.5, 0.6) is 0 Å². The van der Waals surface area contributed by atoms with Crippen LogP contribution in [0.3, 0.4) is 0 Å². The number of aromatic nitrogens is 1. The van der Waals surface area contributed by atoms with Gasteiger partial charge in [0.2, 0.25) is 5.91 Å². The van der Waals surface area contributed by atoms with Crippen LogP contribution in [0.15, 0.2) is 84.9 Å². The molecule has 1 aliphatic rings. The molecule has 0 atom stereocenters. The number of piperazine rings is 1. The van der Waals surface area contributed by atoms with Crippen LogP contribution < -0.4 is 5.32 Å². The lowest BCUT2D eigenvalue weighted by Crippen LogP contribution is -2.49. The molecule has 0 unspecified atom stereocenters. The summed E-state index contributed by atoms with van der Waals surface area (Å²) in [7, 11) is 0. The van der Waals surface area contributed by atoms with E-state index in [2.05, 4.69) is 95.7 Å². The van der Waals surface area contributed by atoms with E-state index in [-0.39, 0.29) is 11.9 Å². The van der Waals surface area contributed by atoms with Crippen molar-refractivity contribution in [3.63, 3.8) is 0 Å². The van der Waals surface area contributed by atoms with E-state index < -0.39 is 0 Å². The van der Waals surface area contributed by atoms with Gasteiger partial charge in [-0.2, -0.15) is 0 Å². The molecule has 38 heavy (non-hydrogen) atoms. The molecule has 196 valence electrons. The third-order valence-electron chi connectivity index (χ3n) is 7.55. The van der Waals surface area contributed by atoms with Gasteiger partial charge in [0.1, 0.15) is 0 Å². The Balaban J connectivity index is 1.28. The molecule has 0 saturated carbocycles. The Morgan fingerprint density at radius 3 is 2.05 bits per heavy atom. The molecule has 2 heterocycles. The summed E-state index contributed by atoms with van der Waals surface area (Å²) in [5, 5.41) is 4.33. The van der Waals surface area contributed by atoms with Crippen molar-refractivity contribution in [1.82, 2.24) is 14.8 Å². The topological polar surface area (TPSA) is 48.5 Å². The van der Waals surface area contributed by atoms with Crippen LogP contribution in [0.4, 0.5) is 5.69 Å². The van der Waals surface area contributed by atoms with Crippen LogP contribution >= 0.6 is 0 Å². The summed E-state index contributed by atoms with van der Waals surface area (Å²) in [6.07, 6.45) is 2.80. The first-order valence-electron chi connectivity index (χ1n) is 13.9. The molecule has 5 rings (SSSR count). The molecule has 1 saturated heterocycles. The fraction of sp³-hybridized carbons (Fsp3) is 0.333. The molecule has 3 aromatic carbocycles. The molecule has 1 aliphatic heterocycles. The maximum absolute atomic E-state index is 13.3. The van der Waals surface area contributed by atoms with Crippen LogP contribution in [0.2, 0.25) is 0 Å². The summed E-state index contributed by atoms with van der Waals surface area (Å²) in [6.45, 7) is 8.29. The van der Waals surface area contributed by atoms with E-state index in [0.29, 0.717) is 6.54 Å². The zero-order valence-electron chi connectivity index (χ0n) is 22.6. The third kappa shape index (κ3) is 5.79. The Morgan fingerprint density at radius 1 is 0.842 bits per heavy atom. The van der Waals surface area contributed by atoms with Gasteiger partial charge in [0.25, 0.3) is 0 Å². The Bertz CT molecular complexity index is 1310. The summed E-state index contributed by atoms with van der Waals surface area (Å²) in [5.74, 6) is 0.0506. The van der Waals surface area contributed by atoms with Gasteiger partial charge in [0, 0.05) is 37.3 Å². The number of para-hydroxylation sites is 1. The Kier molecular flexibility index (Phi) is 8.47. The summed E-state index contributed by atoms with van der Waals surface area (Å²) in [5.41, 5.74) is 6.78. The lowest BCUT2D eigenvalue weighted by Gasteiger charge is -2.39. The highest BCUT2D eigenvalue weighted by atomic mass is 16.2. The quantitative estimate of drug-likeness (QED) is 0.298. The molecular formula is C33H38N4O. The predicted molar refractivity (Wildman–Crippen MR) is 156 cm³/mol. The zero-order chi connectivity index (χ0) is 26.3. The molecule has 0 spiro atoms. The number of rotatable bonds is 9. The van der Waals surface area contributed by atoms with Gasteiger partial charge in [-0.25, -0.2) is 0 Å². The summed E-state index contributed by atoms with van der Waals surface area (Å²) in [6, 6.07) is 29.8. The number of amides is 1. The standard InChI is InChI=1S/C33H38N4O/c1-3-13-29-27(4-2)32(28-18-11-12-19-30(28)34-29)35-31(38)24-36-20-22-37(23-21-36)33(25-14-7-5-8-15-25)26-16-9-6-10-17-26/h5-12,14-19,33H,3-4,13,20-24H2,1-2H3,(H,34,35,38). The maximum Gasteiger partial charge on any atom is 0.238 e. The largest absolute Gasteiger partial charge is 0.324 e. The van der Waals surface area contributed by atoms with Crippen molar-refractivity contribution in [3.8, 4) is 0 Å². The molecule has 0 radical (unpaired) electrons. The highest BCUT2D eigenvalue weighted by Crippen LogP contribution is 2.31. The zero-order valence-corrected chi connectivity index (χ0v) is 22.6. The van der Waals surface area contributed by atoms with E-state index in [1.165, 1.54) is 11.1 Å². The normalized spacial score (nSPS) is 14.7. The summed E-state index contributed by atoms with van der Waals surface area (Å²) >= 11 is 0. The first kappa shape index (κ1) is 26.1. The van der Waals surface area contributed by atoms with Crippen LogP contribution in [-0.4, -0.2) is 53.4 Å². The molecule has 5 heteroatoms. The highest BCUT2D eigenvalue weighted by Gasteiger charge is 2.27. The van der Waals surface area contributed by atoms with E-state index in [1.54, 1.807) is 0 Å². The number of fused-ring (bicyclic) bond motifs is 1. The van der Waals surface area contributed by atoms with Gasteiger partial charge in [-0.05, 0) is 35.6 Å². The van der Waals surface area contributed by atoms with Crippen LogP contribution in [-0.2, 0) is 17.6 Å². The van der Waals surface area contributed by atoms with E-state index >= 15 is 0 Å². The lowest BCUT2D eigenvalue weighted by atomic mass is 9.96. The van der Waals surface area contributed by atoms with Crippen LogP contribution in [0.25, 0.3) is 10.9 Å². The maximum atomic E-state index is 13.3. The van der Waals surface area contributed by atoms with Gasteiger partial charge in [-0.3, -0.25) is 19.6 Å². The second-order valence-electron chi connectivity index (χ2n) is 10.1. The third-order valence-corrected chi connectivity index (χ3v) is 7.55. The second kappa shape index (κ2) is 12.3. The smallest absolute Gasteiger partial charge is 0.238 e. The molecule has 0 aliphatic carbocycles. The Morgan fingerprint density at radius 2 is 1.45 bits per heavy atom. The number of hydrogen-bond donors (Lipinski definition) is 1. The van der Waals surface area contributed by atoms with E-state index in [0.717, 1.165) is 73.3 Å². The van der Waals surface area contributed by atoms with Crippen molar-refractivity contribution >= 4 is 22.5 Å². The van der Waals surface area contributed by atoms with Gasteiger partial charge < -0.3 is 5.32 Å². The van der Waals surface area contributed by atoms with Crippen LogP contribution in [0.1, 0.15) is 48.7 Å². The number of nitrogens with zero attached hydrogens (tertiary/aromatic N) is 3. The highest BCUT2D eigenvalue weighted by molar-refractivity contribution is 6.03. The number of aryl methyl sites for hydroxylation is 1. The average Bonchev–Trinajstić information content (AvgIpc) is 2.95. The number of anilines is 1. The minimum Gasteiger partial charge on any atom is -0.324 e. The molecule has 1 fully saturated rings. The number of benzene rings is 3. The van der Waals surface area contributed by atoms with Crippen molar-refractivity contribution in [1.29, 1.82) is 0 Å². The number of carbonyl (C=O) groups is 1. The van der Waals surface area contributed by atoms with Gasteiger partial charge in [0.05, 0.1) is 23.8 Å². The van der Waals surface area contributed by atoms with Gasteiger partial charge in [0.15, 0.2) is 0 Å². The van der Waals surface area contributed by atoms with Crippen molar-refractivity contribution in [2.75, 3.05) is 38.0 Å². The number of pyridine rings is 1. The Hall–Kier alpha value is -3.54. The van der Waals surface area contributed by atoms with E-state index in [1.807, 2.05) is 18.2 Å². The van der Waals surface area contributed by atoms with E-state index in [4.69, 9.17) is 4.98 Å². The minimum absolute atomic E-state index is 0.0506. The average molecular weight is 507 g/mol. The predicted octanol–water partition coefficient (Wildman–Crippen LogP) is 6.10. The fourth-order valence-corrected chi connectivity index (χ4v) is 5.72. The molecular weight excluding hydrogens is 468 g/mol. The van der Waals surface area contributed by atoms with E-state index in [9.17, 15) is 4.79 Å². The van der Waals surface area contributed by atoms with Crippen molar-refractivity contribution < 1.29 is 4.79 Å². The van der Waals surface area contributed by atoms with Gasteiger partial charge in [-0.1, -0.05) is 99.1 Å². The van der Waals surface area contributed by atoms with Crippen LogP contribution in [0, 0.1) is 0 Å². The number of hydrogen-bond acceptors (Lipinski definition) is 4. The molecule has 4 aromatic rings. The lowest BCUT2D eigenvalue weighted by molar-refractivity contribution is -0.117. The van der Waals surface area contributed by atoms with Crippen molar-refractivity contribution in [2.24, 2.45) is 0 Å². The molecule has 5 nitrogen and oxygen atoms in total. The summed E-state index contributed by atoms with van der Waals surface area (Å²) < 4.78 is 0. The first-order chi connectivity index (χ1) is 18.7. The number of carbonyl (C=O) groups excluding carboxylic acids is 1. The molecule has 1 aromatic heterocycles. The van der Waals surface area contributed by atoms with Crippen molar-refractivity contribution in [3.05, 3.63) is 107 Å². The monoisotopic (exact) mass is 506 g/mol. The fourth-order valence-electron chi connectivity index (χ4n) is 5.72.